The van der Waals surface area contributed by atoms with E-state index in [1.54, 1.807) is 48.5 Å². The van der Waals surface area contributed by atoms with Crippen molar-refractivity contribution in [1.82, 2.24) is 9.71 Å². The Bertz CT molecular complexity index is 1490. The van der Waals surface area contributed by atoms with Gasteiger partial charge in [0.2, 0.25) is 0 Å². The molecule has 4 rings (SSSR count). The fraction of sp³-hybridized carbons (Fsp3) is 0.0833. The minimum Gasteiger partial charge on any atom is -0.481 e. The minimum atomic E-state index is -1.20. The molecule has 1 heterocycles. The molecule has 0 aliphatic carbocycles. The first-order valence-electron chi connectivity index (χ1n) is 10.3. The van der Waals surface area contributed by atoms with Crippen molar-refractivity contribution in [1.29, 1.82) is 0 Å². The standard InChI is InChI=1S/C24H18N4O7/c1-13(29)14-2-4-16(5-3-14)24(32)25-18-8-6-15(7-9-18)23-26-22-17(11-21(30)31)10-19(28(34)35)12-20(22)27(23)33/h2-10,12,33H,11H2,1H3,(H,25,32)(H,30,31). The lowest BCUT2D eigenvalue weighted by atomic mass is 10.1. The Morgan fingerprint density at radius 1 is 1.03 bits per heavy atom. The van der Waals surface area contributed by atoms with Crippen molar-refractivity contribution >= 4 is 40.1 Å². The summed E-state index contributed by atoms with van der Waals surface area (Å²) in [5.74, 6) is -1.64. The number of anilines is 1. The minimum absolute atomic E-state index is 0.00293. The van der Waals surface area contributed by atoms with Crippen LogP contribution in [-0.2, 0) is 11.2 Å². The van der Waals surface area contributed by atoms with Crippen molar-refractivity contribution < 1.29 is 29.6 Å². The first-order chi connectivity index (χ1) is 16.6. The lowest BCUT2D eigenvalue weighted by Gasteiger charge is -2.07. The zero-order valence-electron chi connectivity index (χ0n) is 18.3. The van der Waals surface area contributed by atoms with Crippen molar-refractivity contribution in [2.24, 2.45) is 0 Å². The zero-order chi connectivity index (χ0) is 25.3. The van der Waals surface area contributed by atoms with Crippen LogP contribution in [0.5, 0.6) is 0 Å². The second-order valence-corrected chi connectivity index (χ2v) is 7.71. The molecule has 1 amide bonds. The molecule has 0 radical (unpaired) electrons. The number of nitro benzene ring substituents is 1. The van der Waals surface area contributed by atoms with Crippen molar-refractivity contribution in [2.75, 3.05) is 5.32 Å². The van der Waals surface area contributed by atoms with Crippen LogP contribution in [0, 0.1) is 10.1 Å². The van der Waals surface area contributed by atoms with Gasteiger partial charge < -0.3 is 15.6 Å². The van der Waals surface area contributed by atoms with Crippen LogP contribution >= 0.6 is 0 Å². The van der Waals surface area contributed by atoms with E-state index in [4.69, 9.17) is 5.11 Å². The molecule has 0 unspecified atom stereocenters. The predicted octanol–water partition coefficient (Wildman–Crippen LogP) is 3.93. The number of nitrogens with zero attached hydrogens (tertiary/aromatic N) is 3. The number of nitrogens with one attached hydrogen (secondary N) is 1. The van der Waals surface area contributed by atoms with Gasteiger partial charge in [-0.05, 0) is 48.9 Å². The molecule has 35 heavy (non-hydrogen) atoms. The Labute approximate surface area is 197 Å². The van der Waals surface area contributed by atoms with Gasteiger partial charge in [0.15, 0.2) is 11.6 Å². The summed E-state index contributed by atoms with van der Waals surface area (Å²) in [5, 5.41) is 33.7. The maximum Gasteiger partial charge on any atom is 0.307 e. The average molecular weight is 474 g/mol. The number of nitro groups is 1. The first-order valence-corrected chi connectivity index (χ1v) is 10.3. The number of carboxylic acid groups (broad SMARTS) is 1. The number of fused-ring (bicyclic) bond motifs is 1. The second-order valence-electron chi connectivity index (χ2n) is 7.71. The number of rotatable bonds is 7. The Balaban J connectivity index is 1.62. The summed E-state index contributed by atoms with van der Waals surface area (Å²) in [6.07, 6.45) is -0.507. The molecule has 0 aliphatic rings. The van der Waals surface area contributed by atoms with Gasteiger partial charge in [-0.15, -0.1) is 0 Å². The third-order valence-electron chi connectivity index (χ3n) is 5.31. The van der Waals surface area contributed by atoms with Gasteiger partial charge in [-0.1, -0.05) is 12.1 Å². The molecule has 11 heteroatoms. The van der Waals surface area contributed by atoms with Crippen molar-refractivity contribution in [2.45, 2.75) is 13.3 Å². The summed E-state index contributed by atoms with van der Waals surface area (Å²) in [7, 11) is 0. The van der Waals surface area contributed by atoms with E-state index in [0.29, 0.717) is 27.1 Å². The van der Waals surface area contributed by atoms with E-state index in [2.05, 4.69) is 10.3 Å². The number of benzene rings is 3. The van der Waals surface area contributed by atoms with E-state index in [9.17, 15) is 29.7 Å². The number of ketones is 1. The van der Waals surface area contributed by atoms with Crippen LogP contribution < -0.4 is 5.32 Å². The van der Waals surface area contributed by atoms with E-state index >= 15 is 0 Å². The molecule has 0 saturated heterocycles. The second kappa shape index (κ2) is 9.06. The monoisotopic (exact) mass is 474 g/mol. The highest BCUT2D eigenvalue weighted by Gasteiger charge is 2.21. The van der Waals surface area contributed by atoms with Crippen molar-refractivity contribution in [3.8, 4) is 11.4 Å². The van der Waals surface area contributed by atoms with Crippen LogP contribution in [0.15, 0.2) is 60.7 Å². The molecule has 0 aliphatic heterocycles. The molecule has 4 aromatic rings. The van der Waals surface area contributed by atoms with Gasteiger partial charge >= 0.3 is 5.97 Å². The smallest absolute Gasteiger partial charge is 0.307 e. The highest BCUT2D eigenvalue weighted by molar-refractivity contribution is 6.05. The van der Waals surface area contributed by atoms with Crippen molar-refractivity contribution in [3.63, 3.8) is 0 Å². The maximum absolute atomic E-state index is 12.5. The highest BCUT2D eigenvalue weighted by Crippen LogP contribution is 2.30. The van der Waals surface area contributed by atoms with Crippen LogP contribution in [0.4, 0.5) is 11.4 Å². The molecule has 176 valence electrons. The summed E-state index contributed by atoms with van der Waals surface area (Å²) < 4.78 is 0.665. The van der Waals surface area contributed by atoms with Gasteiger partial charge in [0.1, 0.15) is 5.52 Å². The number of carboxylic acids is 1. The largest absolute Gasteiger partial charge is 0.481 e. The summed E-state index contributed by atoms with van der Waals surface area (Å²) >= 11 is 0. The fourth-order valence-corrected chi connectivity index (χ4v) is 3.57. The topological polar surface area (TPSA) is 165 Å². The molecule has 3 N–H and O–H groups in total. The van der Waals surface area contributed by atoms with Gasteiger partial charge in [-0.2, -0.15) is 4.73 Å². The Hall–Kier alpha value is -5.06. The van der Waals surface area contributed by atoms with Gasteiger partial charge in [-0.3, -0.25) is 24.5 Å². The summed E-state index contributed by atoms with van der Waals surface area (Å²) in [4.78, 5) is 49.9. The number of non-ortho nitro benzene ring substituents is 1. The van der Waals surface area contributed by atoms with Crippen LogP contribution in [0.1, 0.15) is 33.2 Å². The SMILES string of the molecule is CC(=O)c1ccc(C(=O)Nc2ccc(-c3nc4c(CC(=O)O)cc([N+](=O)[O-])cc4n3O)cc2)cc1. The van der Waals surface area contributed by atoms with Gasteiger partial charge in [0.25, 0.3) is 11.6 Å². The summed E-state index contributed by atoms with van der Waals surface area (Å²) in [6, 6.07) is 14.8. The lowest BCUT2D eigenvalue weighted by molar-refractivity contribution is -0.384. The number of aliphatic carboxylic acids is 1. The van der Waals surface area contributed by atoms with E-state index in [-0.39, 0.29) is 39.8 Å². The molecule has 0 spiro atoms. The van der Waals surface area contributed by atoms with Gasteiger partial charge in [0, 0.05) is 34.5 Å². The molecule has 0 atom stereocenters. The van der Waals surface area contributed by atoms with E-state index < -0.39 is 17.3 Å². The first kappa shape index (κ1) is 23.1. The van der Waals surface area contributed by atoms with Crippen LogP contribution in [-0.4, -0.2) is 42.6 Å². The average Bonchev–Trinajstić information content (AvgIpc) is 3.16. The molecule has 0 bridgehead atoms. The molecule has 0 saturated carbocycles. The molecule has 3 aromatic carbocycles. The molecular formula is C24H18N4O7. The van der Waals surface area contributed by atoms with Gasteiger partial charge in [-0.25, -0.2) is 4.98 Å². The number of amides is 1. The van der Waals surface area contributed by atoms with Crippen LogP contribution in [0.3, 0.4) is 0 Å². The zero-order valence-corrected chi connectivity index (χ0v) is 18.3. The van der Waals surface area contributed by atoms with E-state index in [0.717, 1.165) is 12.1 Å². The number of hydrogen-bond acceptors (Lipinski definition) is 7. The Morgan fingerprint density at radius 2 is 1.66 bits per heavy atom. The van der Waals surface area contributed by atoms with E-state index in [1.165, 1.54) is 6.92 Å². The number of carbonyl (C=O) groups is 3. The molecular weight excluding hydrogens is 456 g/mol. The highest BCUT2D eigenvalue weighted by atomic mass is 16.6. The number of aromatic nitrogens is 2. The maximum atomic E-state index is 12.5. The third-order valence-corrected chi connectivity index (χ3v) is 5.31. The fourth-order valence-electron chi connectivity index (χ4n) is 3.57. The molecule has 11 nitrogen and oxygen atoms in total. The third kappa shape index (κ3) is 4.69. The van der Waals surface area contributed by atoms with Crippen LogP contribution in [0.25, 0.3) is 22.4 Å². The summed E-state index contributed by atoms with van der Waals surface area (Å²) in [6.45, 7) is 1.44. The normalized spacial score (nSPS) is 10.8. The van der Waals surface area contributed by atoms with Gasteiger partial charge in [0.05, 0.1) is 16.9 Å². The number of hydrogen-bond donors (Lipinski definition) is 3. The Morgan fingerprint density at radius 3 is 2.23 bits per heavy atom. The molecule has 0 fully saturated rings. The number of imidazole rings is 1. The predicted molar refractivity (Wildman–Crippen MR) is 125 cm³/mol. The van der Waals surface area contributed by atoms with E-state index in [1.807, 2.05) is 0 Å². The lowest BCUT2D eigenvalue weighted by Crippen LogP contribution is -2.12. The van der Waals surface area contributed by atoms with Crippen LogP contribution in [0.2, 0.25) is 0 Å². The summed E-state index contributed by atoms with van der Waals surface area (Å²) in [5.41, 5.74) is 1.59. The number of Topliss-reactive ketones (excluding diaryl/α,β-unsaturated/α-hetero) is 1. The number of carbonyl (C=O) groups excluding carboxylic acids is 2. The Kier molecular flexibility index (Phi) is 5.98. The van der Waals surface area contributed by atoms with Crippen molar-refractivity contribution in [3.05, 3.63) is 87.5 Å². The molecule has 1 aromatic heterocycles. The quantitative estimate of drug-likeness (QED) is 0.157.